The lowest BCUT2D eigenvalue weighted by Crippen LogP contribution is -2.07. The van der Waals surface area contributed by atoms with Crippen molar-refractivity contribution in [1.82, 2.24) is 9.55 Å². The highest BCUT2D eigenvalue weighted by atomic mass is 35.5. The fourth-order valence-corrected chi connectivity index (χ4v) is 3.79. The van der Waals surface area contributed by atoms with Gasteiger partial charge in [-0.2, -0.15) is 5.26 Å². The molecule has 1 aromatic carbocycles. The van der Waals surface area contributed by atoms with Crippen LogP contribution in [0.5, 0.6) is 0 Å². The highest BCUT2D eigenvalue weighted by Crippen LogP contribution is 2.38. The fraction of sp³-hybridized carbons (Fsp3) is 0.261. The van der Waals surface area contributed by atoms with Gasteiger partial charge in [-0.15, -0.1) is 0 Å². The average molecular weight is 406 g/mol. The Morgan fingerprint density at radius 3 is 2.83 bits per heavy atom. The lowest BCUT2D eigenvalue weighted by Gasteiger charge is -2.08. The van der Waals surface area contributed by atoms with Crippen LogP contribution in [0.4, 0.5) is 0 Å². The number of hydrogen-bond donors (Lipinski definition) is 0. The van der Waals surface area contributed by atoms with Crippen LogP contribution >= 0.6 is 11.6 Å². The summed E-state index contributed by atoms with van der Waals surface area (Å²) in [5.41, 5.74) is 4.40. The van der Waals surface area contributed by atoms with E-state index in [9.17, 15) is 10.1 Å². The van der Waals surface area contributed by atoms with Crippen LogP contribution < -0.4 is 0 Å². The maximum Gasteiger partial charge on any atom is 0.349 e. The second-order valence-electron chi connectivity index (χ2n) is 7.30. The molecule has 29 heavy (non-hydrogen) atoms. The second-order valence-corrected chi connectivity index (χ2v) is 7.66. The van der Waals surface area contributed by atoms with Crippen molar-refractivity contribution in [3.8, 4) is 6.07 Å². The van der Waals surface area contributed by atoms with Gasteiger partial charge in [0, 0.05) is 28.4 Å². The van der Waals surface area contributed by atoms with Crippen molar-refractivity contribution in [3.05, 3.63) is 69.6 Å². The van der Waals surface area contributed by atoms with Gasteiger partial charge in [0.05, 0.1) is 5.52 Å². The Kier molecular flexibility index (Phi) is 5.12. The summed E-state index contributed by atoms with van der Waals surface area (Å²) < 4.78 is 7.63. The predicted octanol–water partition coefficient (Wildman–Crippen LogP) is 5.29. The SMILES string of the molecule is Cc1cc(/C=C(\C#N)C(=O)OCc2cc3ccccc3nc2Cl)c(C)n1C1CC1. The number of esters is 1. The van der Waals surface area contributed by atoms with Gasteiger partial charge in [0.25, 0.3) is 0 Å². The molecular weight excluding hydrogens is 386 g/mol. The quantitative estimate of drug-likeness (QED) is 0.250. The third-order valence-corrected chi connectivity index (χ3v) is 5.51. The molecule has 0 saturated heterocycles. The van der Waals surface area contributed by atoms with E-state index in [0.29, 0.717) is 11.6 Å². The van der Waals surface area contributed by atoms with Gasteiger partial charge in [0.2, 0.25) is 0 Å². The minimum Gasteiger partial charge on any atom is -0.457 e. The number of ether oxygens (including phenoxy) is 1. The highest BCUT2D eigenvalue weighted by molar-refractivity contribution is 6.30. The largest absolute Gasteiger partial charge is 0.457 e. The molecule has 1 aliphatic carbocycles. The van der Waals surface area contributed by atoms with E-state index in [1.165, 1.54) is 12.8 Å². The summed E-state index contributed by atoms with van der Waals surface area (Å²) in [5, 5.41) is 10.7. The fourth-order valence-electron chi connectivity index (χ4n) is 3.59. The van der Waals surface area contributed by atoms with Crippen LogP contribution in [0, 0.1) is 25.2 Å². The van der Waals surface area contributed by atoms with Gasteiger partial charge < -0.3 is 9.30 Å². The van der Waals surface area contributed by atoms with Crippen molar-refractivity contribution in [2.75, 3.05) is 0 Å². The Balaban J connectivity index is 1.53. The summed E-state index contributed by atoms with van der Waals surface area (Å²) in [6, 6.07) is 13.9. The van der Waals surface area contributed by atoms with Crippen LogP contribution in [0.2, 0.25) is 5.15 Å². The number of benzene rings is 1. The van der Waals surface area contributed by atoms with Gasteiger partial charge in [0.15, 0.2) is 0 Å². The Morgan fingerprint density at radius 2 is 2.10 bits per heavy atom. The number of aromatic nitrogens is 2. The second kappa shape index (κ2) is 7.73. The number of nitriles is 1. The van der Waals surface area contributed by atoms with E-state index < -0.39 is 5.97 Å². The average Bonchev–Trinajstić information content (AvgIpc) is 3.49. The number of aryl methyl sites for hydroxylation is 1. The topological polar surface area (TPSA) is 67.9 Å². The monoisotopic (exact) mass is 405 g/mol. The Labute approximate surface area is 174 Å². The Bertz CT molecular complexity index is 1180. The molecule has 0 atom stereocenters. The van der Waals surface area contributed by atoms with E-state index in [1.54, 1.807) is 6.08 Å². The normalized spacial score (nSPS) is 14.1. The number of pyridine rings is 1. The van der Waals surface area contributed by atoms with Crippen molar-refractivity contribution in [1.29, 1.82) is 5.26 Å². The van der Waals surface area contributed by atoms with Gasteiger partial charge in [-0.3, -0.25) is 0 Å². The molecule has 0 amide bonds. The predicted molar refractivity (Wildman–Crippen MR) is 112 cm³/mol. The summed E-state index contributed by atoms with van der Waals surface area (Å²) in [7, 11) is 0. The van der Waals surface area contributed by atoms with E-state index >= 15 is 0 Å². The molecular formula is C23H20ClN3O2. The van der Waals surface area contributed by atoms with Gasteiger partial charge in [-0.1, -0.05) is 29.8 Å². The van der Waals surface area contributed by atoms with Crippen LogP contribution in [0.3, 0.4) is 0 Å². The molecule has 0 radical (unpaired) electrons. The highest BCUT2D eigenvalue weighted by Gasteiger charge is 2.27. The van der Waals surface area contributed by atoms with Crippen molar-refractivity contribution in [2.45, 2.75) is 39.3 Å². The zero-order chi connectivity index (χ0) is 20.5. The first-order valence-electron chi connectivity index (χ1n) is 9.49. The molecule has 3 aromatic rings. The van der Waals surface area contributed by atoms with Crippen LogP contribution in [-0.2, 0) is 16.1 Å². The molecule has 6 heteroatoms. The molecule has 5 nitrogen and oxygen atoms in total. The standard InChI is InChI=1S/C23H20ClN3O2/c1-14-9-17(15(2)27(14)20-7-8-20)11-18(12-25)23(28)29-13-19-10-16-5-3-4-6-21(16)26-22(19)24/h3-6,9-11,20H,7-8,13H2,1-2H3/b18-11+. The summed E-state index contributed by atoms with van der Waals surface area (Å²) >= 11 is 6.22. The molecule has 0 unspecified atom stereocenters. The molecule has 0 aliphatic heterocycles. The Morgan fingerprint density at radius 1 is 1.34 bits per heavy atom. The van der Waals surface area contributed by atoms with E-state index in [-0.39, 0.29) is 17.3 Å². The van der Waals surface area contributed by atoms with Gasteiger partial charge in [0.1, 0.15) is 23.4 Å². The van der Waals surface area contributed by atoms with Gasteiger partial charge in [-0.05, 0) is 56.5 Å². The first kappa shape index (κ1) is 19.2. The minimum atomic E-state index is -0.673. The lowest BCUT2D eigenvalue weighted by molar-refractivity contribution is -0.139. The zero-order valence-corrected chi connectivity index (χ0v) is 17.0. The summed E-state index contributed by atoms with van der Waals surface area (Å²) in [6.45, 7) is 4.01. The summed E-state index contributed by atoms with van der Waals surface area (Å²) in [4.78, 5) is 16.8. The van der Waals surface area contributed by atoms with Gasteiger partial charge >= 0.3 is 5.97 Å². The number of halogens is 1. The van der Waals surface area contributed by atoms with Crippen LogP contribution in [0.15, 0.2) is 42.0 Å². The Hall–Kier alpha value is -3.10. The van der Waals surface area contributed by atoms with Gasteiger partial charge in [-0.25, -0.2) is 9.78 Å². The number of rotatable bonds is 5. The zero-order valence-electron chi connectivity index (χ0n) is 16.3. The minimum absolute atomic E-state index is 0.0362. The van der Waals surface area contributed by atoms with E-state index in [0.717, 1.165) is 27.9 Å². The molecule has 0 spiro atoms. The molecule has 1 saturated carbocycles. The molecule has 4 rings (SSSR count). The van der Waals surface area contributed by atoms with Crippen LogP contribution in [-0.4, -0.2) is 15.5 Å². The lowest BCUT2D eigenvalue weighted by atomic mass is 10.1. The molecule has 2 heterocycles. The third-order valence-electron chi connectivity index (χ3n) is 5.18. The van der Waals surface area contributed by atoms with Crippen LogP contribution in [0.1, 0.15) is 41.4 Å². The van der Waals surface area contributed by atoms with E-state index in [4.69, 9.17) is 16.3 Å². The first-order chi connectivity index (χ1) is 14.0. The smallest absolute Gasteiger partial charge is 0.349 e. The van der Waals surface area contributed by atoms with Crippen molar-refractivity contribution in [3.63, 3.8) is 0 Å². The summed E-state index contributed by atoms with van der Waals surface area (Å²) in [6.07, 6.45) is 3.95. The maximum atomic E-state index is 12.5. The number of fused-ring (bicyclic) bond motifs is 1. The molecule has 0 bridgehead atoms. The number of carbonyl (C=O) groups is 1. The number of nitrogens with zero attached hydrogens (tertiary/aromatic N) is 3. The van der Waals surface area contributed by atoms with Crippen molar-refractivity contribution in [2.24, 2.45) is 0 Å². The summed E-state index contributed by atoms with van der Waals surface area (Å²) in [5.74, 6) is -0.673. The molecule has 2 aromatic heterocycles. The maximum absolute atomic E-state index is 12.5. The van der Waals surface area contributed by atoms with E-state index in [2.05, 4.69) is 9.55 Å². The van der Waals surface area contributed by atoms with Crippen LogP contribution in [0.25, 0.3) is 17.0 Å². The first-order valence-corrected chi connectivity index (χ1v) is 9.87. The van der Waals surface area contributed by atoms with Crippen molar-refractivity contribution < 1.29 is 9.53 Å². The molecule has 1 aliphatic rings. The molecule has 0 N–H and O–H groups in total. The third kappa shape index (κ3) is 3.90. The van der Waals surface area contributed by atoms with E-state index in [1.807, 2.05) is 56.3 Å². The number of hydrogen-bond acceptors (Lipinski definition) is 4. The molecule has 1 fully saturated rings. The van der Waals surface area contributed by atoms with Crippen molar-refractivity contribution >= 4 is 34.5 Å². The number of carbonyl (C=O) groups excluding carboxylic acids is 1. The molecule has 146 valence electrons. The number of para-hydroxylation sites is 1.